The Morgan fingerprint density at radius 1 is 1.15 bits per heavy atom. The Morgan fingerprint density at radius 3 is 2.45 bits per heavy atom. The van der Waals surface area contributed by atoms with Gasteiger partial charge < -0.3 is 9.53 Å². The van der Waals surface area contributed by atoms with E-state index in [1.807, 2.05) is 6.07 Å². The largest absolute Gasteiger partial charge is 0.457 e. The minimum atomic E-state index is -3.04. The van der Waals surface area contributed by atoms with E-state index in [1.54, 1.807) is 30.3 Å². The van der Waals surface area contributed by atoms with Crippen LogP contribution >= 0.6 is 0 Å². The van der Waals surface area contributed by atoms with E-state index in [0.717, 1.165) is 6.92 Å². The number of alkyl halides is 2. The van der Waals surface area contributed by atoms with Crippen LogP contribution in [0.1, 0.15) is 18.1 Å². The molecule has 0 unspecified atom stereocenters. The summed E-state index contributed by atoms with van der Waals surface area (Å²) in [6.45, 7) is 0.810. The van der Waals surface area contributed by atoms with Crippen molar-refractivity contribution in [2.45, 2.75) is 19.3 Å². The van der Waals surface area contributed by atoms with Gasteiger partial charge in [0.05, 0.1) is 5.56 Å². The second-order valence-electron chi connectivity index (χ2n) is 4.50. The van der Waals surface area contributed by atoms with Crippen molar-refractivity contribution in [2.75, 3.05) is 0 Å². The third kappa shape index (κ3) is 3.41. The Balaban J connectivity index is 2.39. The van der Waals surface area contributed by atoms with Crippen LogP contribution in [0, 0.1) is 0 Å². The van der Waals surface area contributed by atoms with E-state index < -0.39 is 5.92 Å². The Kier molecular flexibility index (Phi) is 4.13. The first-order chi connectivity index (χ1) is 9.50. The summed E-state index contributed by atoms with van der Waals surface area (Å²) in [5, 5.41) is 0. The number of carbonyl (C=O) groups excluding carboxylic acids is 1. The molecule has 0 amide bonds. The molecule has 0 radical (unpaired) electrons. The minimum Gasteiger partial charge on any atom is -0.457 e. The van der Waals surface area contributed by atoms with Gasteiger partial charge in [0, 0.05) is 13.3 Å². The summed E-state index contributed by atoms with van der Waals surface area (Å²) in [5.41, 5.74) is 0.317. The summed E-state index contributed by atoms with van der Waals surface area (Å²) in [4.78, 5) is 10.5. The highest BCUT2D eigenvalue weighted by molar-refractivity contribution is 5.56. The molecule has 2 nitrogen and oxygen atoms in total. The highest BCUT2D eigenvalue weighted by Crippen LogP contribution is 2.37. The lowest BCUT2D eigenvalue weighted by atomic mass is 10.0. The zero-order valence-electron chi connectivity index (χ0n) is 11.0. The van der Waals surface area contributed by atoms with Crippen molar-refractivity contribution in [2.24, 2.45) is 0 Å². The SMILES string of the molecule is CC(F)(F)c1cc(CC=O)ccc1Oc1ccccc1. The van der Waals surface area contributed by atoms with Crippen molar-refractivity contribution < 1.29 is 18.3 Å². The molecular weight excluding hydrogens is 262 g/mol. The van der Waals surface area contributed by atoms with Gasteiger partial charge in [-0.05, 0) is 29.8 Å². The monoisotopic (exact) mass is 276 g/mol. The van der Waals surface area contributed by atoms with Gasteiger partial charge in [0.1, 0.15) is 17.8 Å². The maximum absolute atomic E-state index is 13.7. The zero-order chi connectivity index (χ0) is 14.6. The summed E-state index contributed by atoms with van der Waals surface area (Å²) >= 11 is 0. The molecule has 2 aromatic rings. The highest BCUT2D eigenvalue weighted by Gasteiger charge is 2.29. The van der Waals surface area contributed by atoms with E-state index in [2.05, 4.69) is 0 Å². The average molecular weight is 276 g/mol. The molecule has 0 atom stereocenters. The maximum atomic E-state index is 13.7. The van der Waals surface area contributed by atoms with E-state index in [0.29, 0.717) is 17.6 Å². The maximum Gasteiger partial charge on any atom is 0.274 e. The molecule has 0 saturated carbocycles. The van der Waals surface area contributed by atoms with Gasteiger partial charge in [-0.15, -0.1) is 0 Å². The minimum absolute atomic E-state index is 0.0957. The Hall–Kier alpha value is -2.23. The molecule has 0 aliphatic rings. The van der Waals surface area contributed by atoms with Crippen molar-refractivity contribution in [3.8, 4) is 11.5 Å². The van der Waals surface area contributed by atoms with Crippen molar-refractivity contribution in [3.05, 3.63) is 59.7 Å². The first kappa shape index (κ1) is 14.2. The predicted molar refractivity (Wildman–Crippen MR) is 72.3 cm³/mol. The number of ether oxygens (including phenoxy) is 1. The fourth-order valence-corrected chi connectivity index (χ4v) is 1.85. The van der Waals surface area contributed by atoms with Crippen LogP contribution < -0.4 is 4.74 Å². The van der Waals surface area contributed by atoms with Crippen LogP contribution in [0.4, 0.5) is 8.78 Å². The third-order valence-corrected chi connectivity index (χ3v) is 2.81. The molecular formula is C16H14F2O2. The summed E-state index contributed by atoms with van der Waals surface area (Å²) in [6, 6.07) is 13.1. The van der Waals surface area contributed by atoms with Gasteiger partial charge in [0.25, 0.3) is 5.92 Å². The van der Waals surface area contributed by atoms with Crippen LogP contribution in [-0.4, -0.2) is 6.29 Å². The van der Waals surface area contributed by atoms with Crippen LogP contribution in [0.15, 0.2) is 48.5 Å². The Labute approximate surface area is 116 Å². The number of para-hydroxylation sites is 1. The first-order valence-corrected chi connectivity index (χ1v) is 6.18. The molecule has 2 aromatic carbocycles. The van der Waals surface area contributed by atoms with Gasteiger partial charge in [0.15, 0.2) is 0 Å². The van der Waals surface area contributed by atoms with Crippen LogP contribution in [0.2, 0.25) is 0 Å². The molecule has 0 N–H and O–H groups in total. The normalized spacial score (nSPS) is 11.2. The average Bonchev–Trinajstić information content (AvgIpc) is 2.41. The number of aldehydes is 1. The number of rotatable bonds is 5. The molecule has 0 aliphatic carbocycles. The smallest absolute Gasteiger partial charge is 0.274 e. The van der Waals surface area contributed by atoms with Crippen LogP contribution in [0.5, 0.6) is 11.5 Å². The van der Waals surface area contributed by atoms with Crippen LogP contribution in [-0.2, 0) is 17.1 Å². The molecule has 20 heavy (non-hydrogen) atoms. The predicted octanol–water partition coefficient (Wildman–Crippen LogP) is 4.33. The van der Waals surface area contributed by atoms with Gasteiger partial charge in [-0.2, -0.15) is 0 Å². The van der Waals surface area contributed by atoms with Gasteiger partial charge >= 0.3 is 0 Å². The number of carbonyl (C=O) groups is 1. The van der Waals surface area contributed by atoms with E-state index in [1.165, 1.54) is 12.1 Å². The van der Waals surface area contributed by atoms with Crippen LogP contribution in [0.3, 0.4) is 0 Å². The quantitative estimate of drug-likeness (QED) is 0.760. The number of benzene rings is 2. The zero-order valence-corrected chi connectivity index (χ0v) is 11.0. The Bertz CT molecular complexity index is 589. The second kappa shape index (κ2) is 5.82. The molecule has 0 bridgehead atoms. The summed E-state index contributed by atoms with van der Waals surface area (Å²) in [5.74, 6) is -2.46. The summed E-state index contributed by atoms with van der Waals surface area (Å²) < 4.78 is 32.8. The molecule has 0 saturated heterocycles. The molecule has 104 valence electrons. The van der Waals surface area contributed by atoms with E-state index in [9.17, 15) is 13.6 Å². The molecule has 0 aromatic heterocycles. The first-order valence-electron chi connectivity index (χ1n) is 6.18. The van der Waals surface area contributed by atoms with Crippen molar-refractivity contribution in [1.82, 2.24) is 0 Å². The van der Waals surface area contributed by atoms with Gasteiger partial charge in [-0.25, -0.2) is 8.78 Å². The fourth-order valence-electron chi connectivity index (χ4n) is 1.85. The third-order valence-electron chi connectivity index (χ3n) is 2.81. The second-order valence-corrected chi connectivity index (χ2v) is 4.50. The van der Waals surface area contributed by atoms with Crippen LogP contribution in [0.25, 0.3) is 0 Å². The summed E-state index contributed by atoms with van der Waals surface area (Å²) in [6.07, 6.45) is 0.791. The lowest BCUT2D eigenvalue weighted by Gasteiger charge is -2.17. The van der Waals surface area contributed by atoms with Crippen molar-refractivity contribution >= 4 is 6.29 Å². The number of hydrogen-bond acceptors (Lipinski definition) is 2. The molecule has 0 fully saturated rings. The van der Waals surface area contributed by atoms with Gasteiger partial charge in [0.2, 0.25) is 0 Å². The Morgan fingerprint density at radius 2 is 1.85 bits per heavy atom. The molecule has 0 aliphatic heterocycles. The number of hydrogen-bond donors (Lipinski definition) is 0. The van der Waals surface area contributed by atoms with E-state index in [4.69, 9.17) is 4.74 Å². The van der Waals surface area contributed by atoms with Gasteiger partial charge in [-0.3, -0.25) is 0 Å². The standard InChI is InChI=1S/C16H14F2O2/c1-16(17,18)14-11-12(9-10-19)7-8-15(14)20-13-5-3-2-4-6-13/h2-8,10-11H,9H2,1H3. The lowest BCUT2D eigenvalue weighted by molar-refractivity contribution is -0.107. The molecule has 2 rings (SSSR count). The topological polar surface area (TPSA) is 26.3 Å². The fraction of sp³-hybridized carbons (Fsp3) is 0.188. The summed E-state index contributed by atoms with van der Waals surface area (Å²) in [7, 11) is 0. The van der Waals surface area contributed by atoms with E-state index >= 15 is 0 Å². The highest BCUT2D eigenvalue weighted by atomic mass is 19.3. The van der Waals surface area contributed by atoms with Crippen molar-refractivity contribution in [3.63, 3.8) is 0 Å². The molecule has 0 heterocycles. The lowest BCUT2D eigenvalue weighted by Crippen LogP contribution is -2.09. The van der Waals surface area contributed by atoms with E-state index in [-0.39, 0.29) is 17.7 Å². The molecule has 0 spiro atoms. The van der Waals surface area contributed by atoms with Crippen molar-refractivity contribution in [1.29, 1.82) is 0 Å². The van der Waals surface area contributed by atoms with Gasteiger partial charge in [-0.1, -0.05) is 24.3 Å². The molecule has 4 heteroatoms. The number of halogens is 2.